The minimum Gasteiger partial charge on any atom is -0.379 e. The van der Waals surface area contributed by atoms with Gasteiger partial charge in [0.1, 0.15) is 17.0 Å². The zero-order valence-electron chi connectivity index (χ0n) is 19.5. The number of rotatable bonds is 7. The molecule has 1 saturated carbocycles. The lowest BCUT2D eigenvalue weighted by molar-refractivity contribution is 0.187. The third-order valence-corrected chi connectivity index (χ3v) is 7.15. The maximum absolute atomic E-state index is 14.3. The number of halogens is 3. The molecule has 3 heterocycles. The van der Waals surface area contributed by atoms with Gasteiger partial charge >= 0.3 is 0 Å². The molecule has 5 rings (SSSR count). The van der Waals surface area contributed by atoms with Crippen LogP contribution in [0.1, 0.15) is 45.6 Å². The number of nitrogens with zero attached hydrogens (tertiary/aromatic N) is 4. The van der Waals surface area contributed by atoms with E-state index in [0.717, 1.165) is 19.1 Å². The van der Waals surface area contributed by atoms with Crippen LogP contribution in [0.4, 0.5) is 30.8 Å². The van der Waals surface area contributed by atoms with E-state index in [4.69, 9.17) is 4.74 Å². The van der Waals surface area contributed by atoms with Gasteiger partial charge in [0, 0.05) is 30.8 Å². The minimum absolute atomic E-state index is 0. The maximum atomic E-state index is 14.3. The van der Waals surface area contributed by atoms with Crippen molar-refractivity contribution in [1.29, 1.82) is 0 Å². The van der Waals surface area contributed by atoms with Crippen LogP contribution in [0.5, 0.6) is 0 Å². The standard InChI is InChI=1S/C22H26F3N7O3S.CH4/c1-36(33,34)31-14-4-2-13(3-5-14)27-21-26-10-18-20(30-21)32(15-6-7-35-11-15)22(28-18)29-19-16(24)8-12(23)9-17(19)25;/h8-10,13-15,31H,2-7,11H2,1H3,(H,28,29)(H,26,27,30);1H4/t13?,14?,15-;/m0./s1. The maximum Gasteiger partial charge on any atom is 0.224 e. The van der Waals surface area contributed by atoms with Crippen molar-refractivity contribution in [2.75, 3.05) is 30.1 Å². The van der Waals surface area contributed by atoms with Gasteiger partial charge in [-0.15, -0.1) is 0 Å². The quantitative estimate of drug-likeness (QED) is 0.412. The average Bonchev–Trinajstić information content (AvgIpc) is 3.44. The van der Waals surface area contributed by atoms with E-state index < -0.39 is 33.2 Å². The minimum atomic E-state index is -3.25. The summed E-state index contributed by atoms with van der Waals surface area (Å²) in [5, 5.41) is 5.97. The summed E-state index contributed by atoms with van der Waals surface area (Å²) in [6.45, 7) is 0.892. The molecule has 37 heavy (non-hydrogen) atoms. The van der Waals surface area contributed by atoms with Crippen LogP contribution in [0.3, 0.4) is 0 Å². The van der Waals surface area contributed by atoms with Crippen molar-refractivity contribution < 1.29 is 26.3 Å². The fraction of sp³-hybridized carbons (Fsp3) is 0.522. The average molecular weight is 542 g/mol. The zero-order chi connectivity index (χ0) is 25.4. The Bertz CT molecular complexity index is 1350. The summed E-state index contributed by atoms with van der Waals surface area (Å²) in [6.07, 6.45) is 6.18. The van der Waals surface area contributed by atoms with Crippen LogP contribution >= 0.6 is 0 Å². The molecule has 0 radical (unpaired) electrons. The molecule has 1 aromatic carbocycles. The first kappa shape index (κ1) is 27.1. The molecule has 1 aliphatic carbocycles. The lowest BCUT2D eigenvalue weighted by Gasteiger charge is -2.29. The number of nitrogens with one attached hydrogen (secondary N) is 3. The first-order valence-electron chi connectivity index (χ1n) is 11.6. The van der Waals surface area contributed by atoms with Crippen molar-refractivity contribution >= 4 is 38.8 Å². The third-order valence-electron chi connectivity index (χ3n) is 6.39. The second-order valence-corrected chi connectivity index (χ2v) is 11.0. The van der Waals surface area contributed by atoms with Gasteiger partial charge in [0.05, 0.1) is 25.1 Å². The molecule has 0 bridgehead atoms. The van der Waals surface area contributed by atoms with Crippen LogP contribution in [0, 0.1) is 17.5 Å². The van der Waals surface area contributed by atoms with E-state index in [0.29, 0.717) is 61.7 Å². The Morgan fingerprint density at radius 1 is 1.03 bits per heavy atom. The first-order chi connectivity index (χ1) is 17.2. The Kier molecular flexibility index (Phi) is 7.90. The SMILES string of the molecule is C.CS(=O)(=O)NC1CCC(Nc2ncc3nc(Nc4c(F)cc(F)cc4F)n([C@H]4CCOC4)c3n2)CC1. The Hall–Kier alpha value is -2.97. The van der Waals surface area contributed by atoms with Gasteiger partial charge in [-0.3, -0.25) is 4.57 Å². The second-order valence-electron chi connectivity index (χ2n) is 9.18. The summed E-state index contributed by atoms with van der Waals surface area (Å²) in [5.74, 6) is -2.67. The molecule has 0 amide bonds. The summed E-state index contributed by atoms with van der Waals surface area (Å²) >= 11 is 0. The molecular weight excluding hydrogens is 511 g/mol. The van der Waals surface area contributed by atoms with Gasteiger partial charge in [0.25, 0.3) is 0 Å². The van der Waals surface area contributed by atoms with Crippen LogP contribution in [0.15, 0.2) is 18.3 Å². The molecule has 1 saturated heterocycles. The number of ether oxygens (including phenoxy) is 1. The topological polar surface area (TPSA) is 123 Å². The van der Waals surface area contributed by atoms with Crippen molar-refractivity contribution in [1.82, 2.24) is 24.2 Å². The third kappa shape index (κ3) is 6.13. The molecule has 0 unspecified atom stereocenters. The van der Waals surface area contributed by atoms with Gasteiger partial charge in [-0.25, -0.2) is 36.3 Å². The van der Waals surface area contributed by atoms with E-state index in [1.165, 1.54) is 6.20 Å². The van der Waals surface area contributed by atoms with E-state index >= 15 is 0 Å². The fourth-order valence-corrected chi connectivity index (χ4v) is 5.58. The molecular formula is C23H30F3N7O3S. The molecule has 2 aliphatic rings. The normalized spacial score (nSPS) is 22.1. The smallest absolute Gasteiger partial charge is 0.224 e. The van der Waals surface area contributed by atoms with E-state index in [1.54, 1.807) is 4.57 Å². The number of hydrogen-bond acceptors (Lipinski definition) is 8. The molecule has 0 spiro atoms. The van der Waals surface area contributed by atoms with E-state index in [2.05, 4.69) is 30.3 Å². The predicted molar refractivity (Wildman–Crippen MR) is 134 cm³/mol. The summed E-state index contributed by atoms with van der Waals surface area (Å²) in [5.41, 5.74) is 0.359. The molecule has 1 aliphatic heterocycles. The van der Waals surface area contributed by atoms with Crippen LogP contribution in [-0.2, 0) is 14.8 Å². The van der Waals surface area contributed by atoms with Crippen molar-refractivity contribution in [2.45, 2.75) is 57.7 Å². The van der Waals surface area contributed by atoms with Gasteiger partial charge in [0.15, 0.2) is 17.3 Å². The van der Waals surface area contributed by atoms with Crippen molar-refractivity contribution in [2.24, 2.45) is 0 Å². The van der Waals surface area contributed by atoms with E-state index in [9.17, 15) is 21.6 Å². The largest absolute Gasteiger partial charge is 0.379 e. The monoisotopic (exact) mass is 541 g/mol. The van der Waals surface area contributed by atoms with Gasteiger partial charge in [-0.05, 0) is 32.1 Å². The Balaban J connectivity index is 0.00000320. The highest BCUT2D eigenvalue weighted by atomic mass is 32.2. The van der Waals surface area contributed by atoms with Gasteiger partial charge < -0.3 is 15.4 Å². The lowest BCUT2D eigenvalue weighted by atomic mass is 9.92. The molecule has 202 valence electrons. The number of anilines is 3. The molecule has 1 atom stereocenters. The van der Waals surface area contributed by atoms with Crippen molar-refractivity contribution in [3.63, 3.8) is 0 Å². The van der Waals surface area contributed by atoms with Crippen LogP contribution in [0.25, 0.3) is 11.2 Å². The zero-order valence-corrected chi connectivity index (χ0v) is 20.3. The summed E-state index contributed by atoms with van der Waals surface area (Å²) in [6, 6.07) is 0.986. The van der Waals surface area contributed by atoms with E-state index in [-0.39, 0.29) is 31.5 Å². The first-order valence-corrected chi connectivity index (χ1v) is 13.5. The highest BCUT2D eigenvalue weighted by Gasteiger charge is 2.27. The predicted octanol–water partition coefficient (Wildman–Crippen LogP) is 3.86. The Labute approximate surface area is 213 Å². The number of benzene rings is 1. The van der Waals surface area contributed by atoms with E-state index in [1.807, 2.05) is 0 Å². The van der Waals surface area contributed by atoms with Gasteiger partial charge in [-0.2, -0.15) is 4.98 Å². The molecule has 3 N–H and O–H groups in total. The van der Waals surface area contributed by atoms with Gasteiger partial charge in [-0.1, -0.05) is 7.43 Å². The number of sulfonamides is 1. The molecule has 14 heteroatoms. The number of fused-ring (bicyclic) bond motifs is 1. The highest BCUT2D eigenvalue weighted by Crippen LogP contribution is 2.32. The highest BCUT2D eigenvalue weighted by molar-refractivity contribution is 7.88. The van der Waals surface area contributed by atoms with Crippen molar-refractivity contribution in [3.05, 3.63) is 35.8 Å². The molecule has 3 aromatic rings. The molecule has 2 aromatic heterocycles. The van der Waals surface area contributed by atoms with Gasteiger partial charge in [0.2, 0.25) is 21.9 Å². The number of hydrogen-bond donors (Lipinski definition) is 3. The number of imidazole rings is 1. The summed E-state index contributed by atoms with van der Waals surface area (Å²) < 4.78 is 74.9. The van der Waals surface area contributed by atoms with Crippen LogP contribution in [0.2, 0.25) is 0 Å². The Morgan fingerprint density at radius 3 is 2.32 bits per heavy atom. The van der Waals surface area contributed by atoms with Crippen molar-refractivity contribution in [3.8, 4) is 0 Å². The summed E-state index contributed by atoms with van der Waals surface area (Å²) in [7, 11) is -3.25. The summed E-state index contributed by atoms with van der Waals surface area (Å²) in [4.78, 5) is 13.4. The second kappa shape index (κ2) is 10.8. The molecule has 10 nitrogen and oxygen atoms in total. The van der Waals surface area contributed by atoms with Crippen LogP contribution < -0.4 is 15.4 Å². The number of aromatic nitrogens is 4. The lowest BCUT2D eigenvalue weighted by Crippen LogP contribution is -2.39. The fourth-order valence-electron chi connectivity index (χ4n) is 4.73. The molecule has 2 fully saturated rings. The van der Waals surface area contributed by atoms with Crippen LogP contribution in [-0.4, -0.2) is 59.5 Å². The Morgan fingerprint density at radius 2 is 1.70 bits per heavy atom.